The van der Waals surface area contributed by atoms with Crippen LogP contribution < -0.4 is 14.8 Å². The first-order chi connectivity index (χ1) is 9.69. The molecular formula is C14H14F2N2O2. The van der Waals surface area contributed by atoms with E-state index in [1.54, 1.807) is 31.5 Å². The Morgan fingerprint density at radius 2 is 1.95 bits per heavy atom. The molecule has 4 nitrogen and oxygen atoms in total. The lowest BCUT2D eigenvalue weighted by Gasteiger charge is -2.10. The van der Waals surface area contributed by atoms with Gasteiger partial charge in [0.1, 0.15) is 5.75 Å². The number of nitrogens with one attached hydrogen (secondary N) is 1. The van der Waals surface area contributed by atoms with Gasteiger partial charge < -0.3 is 14.8 Å². The maximum atomic E-state index is 12.0. The Morgan fingerprint density at radius 3 is 2.60 bits per heavy atom. The van der Waals surface area contributed by atoms with Crippen LogP contribution in [0.3, 0.4) is 0 Å². The average Bonchev–Trinajstić information content (AvgIpc) is 2.46. The lowest BCUT2D eigenvalue weighted by molar-refractivity contribution is -0.0498. The largest absolute Gasteiger partial charge is 0.480 e. The van der Waals surface area contributed by atoms with Gasteiger partial charge in [0.25, 0.3) is 0 Å². The summed E-state index contributed by atoms with van der Waals surface area (Å²) >= 11 is 0. The molecule has 106 valence electrons. The summed E-state index contributed by atoms with van der Waals surface area (Å²) in [6.07, 6.45) is 1.64. The van der Waals surface area contributed by atoms with Gasteiger partial charge in [0.05, 0.1) is 12.8 Å². The fourth-order valence-corrected chi connectivity index (χ4v) is 1.67. The zero-order valence-corrected chi connectivity index (χ0v) is 10.8. The molecule has 1 N–H and O–H groups in total. The van der Waals surface area contributed by atoms with Crippen LogP contribution in [0, 0.1) is 0 Å². The van der Waals surface area contributed by atoms with Crippen LogP contribution >= 0.6 is 0 Å². The maximum Gasteiger partial charge on any atom is 0.387 e. The predicted molar refractivity (Wildman–Crippen MR) is 71.2 cm³/mol. The van der Waals surface area contributed by atoms with Crippen LogP contribution in [0.2, 0.25) is 0 Å². The number of benzene rings is 1. The summed E-state index contributed by atoms with van der Waals surface area (Å²) in [4.78, 5) is 4.07. The highest BCUT2D eigenvalue weighted by Gasteiger charge is 2.05. The van der Waals surface area contributed by atoms with E-state index >= 15 is 0 Å². The van der Waals surface area contributed by atoms with Gasteiger partial charge in [0, 0.05) is 12.7 Å². The second kappa shape index (κ2) is 6.70. The zero-order chi connectivity index (χ0) is 14.4. The average molecular weight is 280 g/mol. The monoisotopic (exact) mass is 280 g/mol. The maximum absolute atomic E-state index is 12.0. The topological polar surface area (TPSA) is 43.4 Å². The molecule has 6 heteroatoms. The summed E-state index contributed by atoms with van der Waals surface area (Å²) in [6, 6.07) is 10.1. The van der Waals surface area contributed by atoms with Crippen molar-refractivity contribution in [2.75, 3.05) is 12.4 Å². The number of pyridine rings is 1. The van der Waals surface area contributed by atoms with E-state index in [0.717, 1.165) is 11.3 Å². The number of nitrogens with zero attached hydrogens (tertiary/aromatic N) is 1. The molecule has 0 unspecified atom stereocenters. The van der Waals surface area contributed by atoms with E-state index in [2.05, 4.69) is 15.0 Å². The number of methoxy groups -OCH3 is 1. The summed E-state index contributed by atoms with van der Waals surface area (Å²) in [5.41, 5.74) is 1.69. The van der Waals surface area contributed by atoms with Gasteiger partial charge in [0.2, 0.25) is 5.88 Å². The molecule has 1 heterocycles. The van der Waals surface area contributed by atoms with Crippen LogP contribution in [0.15, 0.2) is 42.6 Å². The van der Waals surface area contributed by atoms with Crippen molar-refractivity contribution in [2.45, 2.75) is 13.2 Å². The Labute approximate surface area is 115 Å². The van der Waals surface area contributed by atoms with Crippen LogP contribution in [-0.4, -0.2) is 18.7 Å². The quantitative estimate of drug-likeness (QED) is 0.881. The van der Waals surface area contributed by atoms with Gasteiger partial charge in [-0.25, -0.2) is 4.98 Å². The van der Waals surface area contributed by atoms with E-state index in [0.29, 0.717) is 12.4 Å². The second-order valence-electron chi connectivity index (χ2n) is 3.94. The van der Waals surface area contributed by atoms with Crippen molar-refractivity contribution in [3.63, 3.8) is 0 Å². The number of aromatic nitrogens is 1. The van der Waals surface area contributed by atoms with Gasteiger partial charge in [-0.2, -0.15) is 8.78 Å². The van der Waals surface area contributed by atoms with Gasteiger partial charge in [0.15, 0.2) is 0 Å². The molecule has 0 aliphatic heterocycles. The molecule has 0 atom stereocenters. The molecule has 0 aliphatic rings. The lowest BCUT2D eigenvalue weighted by atomic mass is 10.2. The first-order valence-corrected chi connectivity index (χ1v) is 5.95. The highest BCUT2D eigenvalue weighted by atomic mass is 19.3. The third kappa shape index (κ3) is 3.81. The number of hydrogen-bond acceptors (Lipinski definition) is 4. The van der Waals surface area contributed by atoms with Crippen LogP contribution in [0.4, 0.5) is 14.5 Å². The standard InChI is InChI=1S/C14H14F2N2O2/c1-19-13-12(3-2-8-17-13)18-9-10-4-6-11(7-5-10)20-14(15)16/h2-8,14,18H,9H2,1H3. The second-order valence-corrected chi connectivity index (χ2v) is 3.94. The van der Waals surface area contributed by atoms with Crippen LogP contribution in [-0.2, 0) is 6.54 Å². The Morgan fingerprint density at radius 1 is 1.20 bits per heavy atom. The van der Waals surface area contributed by atoms with Crippen molar-refractivity contribution in [2.24, 2.45) is 0 Å². The molecule has 0 saturated carbocycles. The first-order valence-electron chi connectivity index (χ1n) is 5.95. The number of ether oxygens (including phenoxy) is 2. The molecule has 0 fully saturated rings. The minimum Gasteiger partial charge on any atom is -0.480 e. The molecule has 0 radical (unpaired) electrons. The molecule has 2 rings (SSSR count). The summed E-state index contributed by atoms with van der Waals surface area (Å²) in [7, 11) is 1.55. The smallest absolute Gasteiger partial charge is 0.387 e. The van der Waals surface area contributed by atoms with Crippen LogP contribution in [0.1, 0.15) is 5.56 Å². The first kappa shape index (κ1) is 14.0. The van der Waals surface area contributed by atoms with Crippen molar-refractivity contribution < 1.29 is 18.3 Å². The number of hydrogen-bond donors (Lipinski definition) is 1. The van der Waals surface area contributed by atoms with Gasteiger partial charge >= 0.3 is 6.61 Å². The normalized spacial score (nSPS) is 10.4. The summed E-state index contributed by atoms with van der Waals surface area (Å²) in [5, 5.41) is 3.16. The molecule has 0 amide bonds. The molecule has 0 spiro atoms. The summed E-state index contributed by atoms with van der Waals surface area (Å²) in [5.74, 6) is 0.646. The molecule has 0 aliphatic carbocycles. The zero-order valence-electron chi connectivity index (χ0n) is 10.8. The van der Waals surface area contributed by atoms with Crippen molar-refractivity contribution >= 4 is 5.69 Å². The molecule has 20 heavy (non-hydrogen) atoms. The number of rotatable bonds is 6. The Kier molecular flexibility index (Phi) is 4.70. The minimum absolute atomic E-state index is 0.141. The van der Waals surface area contributed by atoms with Gasteiger partial charge in [-0.3, -0.25) is 0 Å². The van der Waals surface area contributed by atoms with Crippen molar-refractivity contribution in [3.05, 3.63) is 48.2 Å². The lowest BCUT2D eigenvalue weighted by Crippen LogP contribution is -2.03. The van der Waals surface area contributed by atoms with E-state index in [9.17, 15) is 8.78 Å². The van der Waals surface area contributed by atoms with Crippen molar-refractivity contribution in [1.82, 2.24) is 4.98 Å². The molecule has 2 aromatic rings. The van der Waals surface area contributed by atoms with Crippen molar-refractivity contribution in [1.29, 1.82) is 0 Å². The van der Waals surface area contributed by atoms with Gasteiger partial charge in [-0.1, -0.05) is 12.1 Å². The molecule has 1 aromatic heterocycles. The van der Waals surface area contributed by atoms with Crippen LogP contribution in [0.5, 0.6) is 11.6 Å². The third-order valence-corrected chi connectivity index (χ3v) is 2.60. The molecular weight excluding hydrogens is 266 g/mol. The highest BCUT2D eigenvalue weighted by molar-refractivity contribution is 5.52. The van der Waals surface area contributed by atoms with E-state index < -0.39 is 6.61 Å². The highest BCUT2D eigenvalue weighted by Crippen LogP contribution is 2.21. The fourth-order valence-electron chi connectivity index (χ4n) is 1.67. The summed E-state index contributed by atoms with van der Waals surface area (Å²) < 4.78 is 33.4. The molecule has 0 bridgehead atoms. The van der Waals surface area contributed by atoms with E-state index in [4.69, 9.17) is 4.74 Å². The number of anilines is 1. The minimum atomic E-state index is -2.81. The van der Waals surface area contributed by atoms with Crippen molar-refractivity contribution in [3.8, 4) is 11.6 Å². The predicted octanol–water partition coefficient (Wildman–Crippen LogP) is 3.30. The number of alkyl halides is 2. The Hall–Kier alpha value is -2.37. The summed E-state index contributed by atoms with van der Waals surface area (Å²) in [6.45, 7) is -2.28. The Bertz CT molecular complexity index is 547. The SMILES string of the molecule is COc1ncccc1NCc1ccc(OC(F)F)cc1. The van der Waals surface area contributed by atoms with Gasteiger partial charge in [-0.15, -0.1) is 0 Å². The van der Waals surface area contributed by atoms with E-state index in [1.807, 2.05) is 6.07 Å². The van der Waals surface area contributed by atoms with Crippen LogP contribution in [0.25, 0.3) is 0 Å². The number of halogens is 2. The van der Waals surface area contributed by atoms with E-state index in [-0.39, 0.29) is 5.75 Å². The molecule has 1 aromatic carbocycles. The Balaban J connectivity index is 1.97. The fraction of sp³-hybridized carbons (Fsp3) is 0.214. The van der Waals surface area contributed by atoms with E-state index in [1.165, 1.54) is 12.1 Å². The molecule has 0 saturated heterocycles. The van der Waals surface area contributed by atoms with Gasteiger partial charge in [-0.05, 0) is 29.8 Å². The third-order valence-electron chi connectivity index (χ3n) is 2.60.